The third kappa shape index (κ3) is 2.41. The summed E-state index contributed by atoms with van der Waals surface area (Å²) in [6.45, 7) is 1.37. The number of guanidine groups is 1. The predicted molar refractivity (Wildman–Crippen MR) is 103 cm³/mol. The van der Waals surface area contributed by atoms with Gasteiger partial charge < -0.3 is 4.98 Å². The van der Waals surface area contributed by atoms with Crippen LogP contribution in [0.1, 0.15) is 15.9 Å². The van der Waals surface area contributed by atoms with Crippen LogP contribution in [0.5, 0.6) is 0 Å². The van der Waals surface area contributed by atoms with Crippen LogP contribution in [-0.2, 0) is 0 Å². The number of amides is 1. The third-order valence-corrected chi connectivity index (χ3v) is 4.92. The number of hydrogen-bond donors (Lipinski definition) is 2. The molecule has 3 heterocycles. The fourth-order valence-electron chi connectivity index (χ4n) is 3.19. The van der Waals surface area contributed by atoms with Crippen LogP contribution in [-0.4, -0.2) is 45.7 Å². The number of aliphatic imine (C=N–C) groups is 2. The van der Waals surface area contributed by atoms with Gasteiger partial charge in [-0.2, -0.15) is 0 Å². The Bertz CT molecular complexity index is 1120. The average Bonchev–Trinajstić information content (AvgIpc) is 3.31. The Labute approximate surface area is 157 Å². The number of rotatable bonds is 1. The van der Waals surface area contributed by atoms with Gasteiger partial charge in [-0.05, 0) is 36.4 Å². The normalized spacial score (nSPS) is 15.3. The quantitative estimate of drug-likeness (QED) is 0.648. The number of nitrogens with zero attached hydrogens (tertiary/aromatic N) is 4. The first-order valence-electron chi connectivity index (χ1n) is 8.14. The van der Waals surface area contributed by atoms with E-state index in [4.69, 9.17) is 0 Å². The molecule has 7 nitrogen and oxygen atoms in total. The molecule has 0 radical (unpaired) electrons. The first kappa shape index (κ1) is 15.3. The van der Waals surface area contributed by atoms with Crippen molar-refractivity contribution in [2.75, 3.05) is 13.1 Å². The number of carbonyl (C=O) groups excluding carboxylic acids is 1. The number of benzene rings is 2. The van der Waals surface area contributed by atoms with Crippen LogP contribution in [0.25, 0.3) is 11.0 Å². The Morgan fingerprint density at radius 2 is 2.15 bits per heavy atom. The molecule has 0 saturated carbocycles. The van der Waals surface area contributed by atoms with E-state index < -0.39 is 0 Å². The molecule has 8 heteroatoms. The van der Waals surface area contributed by atoms with Gasteiger partial charge in [0.05, 0.1) is 29.6 Å². The zero-order valence-corrected chi connectivity index (χ0v) is 15.1. The number of hydrogen-bond acceptors (Lipinski definition) is 5. The molecule has 0 saturated heterocycles. The van der Waals surface area contributed by atoms with Gasteiger partial charge in [0.2, 0.25) is 5.96 Å². The van der Waals surface area contributed by atoms with E-state index >= 15 is 0 Å². The maximum absolute atomic E-state index is 12.7. The monoisotopic (exact) mass is 408 g/mol. The molecule has 2 aliphatic rings. The minimum absolute atomic E-state index is 0.222. The molecule has 0 fully saturated rings. The summed E-state index contributed by atoms with van der Waals surface area (Å²) in [5.41, 5.74) is 3.94. The van der Waals surface area contributed by atoms with Crippen LogP contribution in [0.3, 0.4) is 0 Å². The number of amidine groups is 1. The summed E-state index contributed by atoms with van der Waals surface area (Å²) >= 11 is 3.49. The molecule has 2 N–H and O–H groups in total. The Morgan fingerprint density at radius 3 is 3.08 bits per heavy atom. The van der Waals surface area contributed by atoms with Gasteiger partial charge in [0.25, 0.3) is 5.91 Å². The molecule has 2 aromatic carbocycles. The third-order valence-electron chi connectivity index (χ3n) is 4.43. The molecule has 5 rings (SSSR count). The molecule has 0 spiro atoms. The lowest BCUT2D eigenvalue weighted by Gasteiger charge is -2.27. The van der Waals surface area contributed by atoms with Crippen LogP contribution in [0.15, 0.2) is 57.2 Å². The number of aromatic nitrogens is 2. The van der Waals surface area contributed by atoms with Crippen LogP contribution < -0.4 is 5.32 Å². The maximum Gasteiger partial charge on any atom is 0.258 e. The van der Waals surface area contributed by atoms with Crippen LogP contribution in [0.4, 0.5) is 5.69 Å². The fraction of sp³-hybridized carbons (Fsp3) is 0.111. The van der Waals surface area contributed by atoms with E-state index in [-0.39, 0.29) is 5.91 Å². The van der Waals surface area contributed by atoms with E-state index in [0.29, 0.717) is 24.6 Å². The molecule has 0 atom stereocenters. The second kappa shape index (κ2) is 5.77. The van der Waals surface area contributed by atoms with Crippen molar-refractivity contribution in [2.45, 2.75) is 0 Å². The zero-order valence-electron chi connectivity index (χ0n) is 13.5. The molecule has 0 unspecified atom stereocenters. The average molecular weight is 409 g/mol. The van der Waals surface area contributed by atoms with E-state index in [1.165, 1.54) is 0 Å². The fourth-order valence-corrected chi connectivity index (χ4v) is 3.55. The second-order valence-corrected chi connectivity index (χ2v) is 6.96. The summed E-state index contributed by atoms with van der Waals surface area (Å²) in [4.78, 5) is 31.1. The van der Waals surface area contributed by atoms with Crippen molar-refractivity contribution in [3.05, 3.63) is 58.3 Å². The van der Waals surface area contributed by atoms with Gasteiger partial charge in [-0.1, -0.05) is 15.9 Å². The SMILES string of the molecule is O=C(NC1=Nc2ccc(Br)cc2C2=NCCN12)c1ccc2[nH]cnc2c1. The largest absolute Gasteiger partial charge is 0.345 e. The summed E-state index contributed by atoms with van der Waals surface area (Å²) in [6.07, 6.45) is 1.61. The molecular formula is C18H13BrN6O. The number of H-pyrrole nitrogens is 1. The zero-order chi connectivity index (χ0) is 17.7. The topological polar surface area (TPSA) is 85.7 Å². The Balaban J connectivity index is 1.50. The molecule has 2 aliphatic heterocycles. The van der Waals surface area contributed by atoms with E-state index in [1.807, 2.05) is 29.2 Å². The minimum Gasteiger partial charge on any atom is -0.345 e. The van der Waals surface area contributed by atoms with Crippen molar-refractivity contribution in [3.63, 3.8) is 0 Å². The van der Waals surface area contributed by atoms with Gasteiger partial charge in [-0.15, -0.1) is 0 Å². The summed E-state index contributed by atoms with van der Waals surface area (Å²) in [5, 5.41) is 2.93. The highest BCUT2D eigenvalue weighted by molar-refractivity contribution is 9.10. The van der Waals surface area contributed by atoms with Crippen molar-refractivity contribution < 1.29 is 4.79 Å². The molecular weight excluding hydrogens is 396 g/mol. The van der Waals surface area contributed by atoms with Crippen LogP contribution >= 0.6 is 15.9 Å². The standard InChI is InChI=1S/C18H13BrN6O/c19-11-2-4-13-12(8-11)16-20-5-6-25(16)18(23-13)24-17(26)10-1-3-14-15(7-10)22-9-21-14/h1-4,7-9H,5-6H2,(H,21,22)(H,23,24,26). The molecule has 1 aromatic heterocycles. The van der Waals surface area contributed by atoms with E-state index in [1.54, 1.807) is 18.5 Å². The summed E-state index contributed by atoms with van der Waals surface area (Å²) in [5.74, 6) is 1.12. The van der Waals surface area contributed by atoms with E-state index in [2.05, 4.69) is 41.2 Å². The molecule has 0 bridgehead atoms. The van der Waals surface area contributed by atoms with Crippen molar-refractivity contribution in [1.82, 2.24) is 20.2 Å². The molecule has 26 heavy (non-hydrogen) atoms. The number of imidazole rings is 1. The number of aromatic amines is 1. The van der Waals surface area contributed by atoms with Gasteiger partial charge in [0, 0.05) is 22.1 Å². The first-order chi connectivity index (χ1) is 12.7. The number of halogens is 1. The number of carbonyl (C=O) groups is 1. The molecule has 3 aromatic rings. The Kier molecular flexibility index (Phi) is 3.39. The Hall–Kier alpha value is -3.00. The lowest BCUT2D eigenvalue weighted by Crippen LogP contribution is -2.47. The van der Waals surface area contributed by atoms with Gasteiger partial charge in [-0.3, -0.25) is 20.0 Å². The van der Waals surface area contributed by atoms with E-state index in [9.17, 15) is 4.79 Å². The van der Waals surface area contributed by atoms with Crippen molar-refractivity contribution in [1.29, 1.82) is 0 Å². The van der Waals surface area contributed by atoms with Crippen LogP contribution in [0.2, 0.25) is 0 Å². The van der Waals surface area contributed by atoms with Crippen molar-refractivity contribution in [2.24, 2.45) is 9.98 Å². The Morgan fingerprint density at radius 1 is 1.23 bits per heavy atom. The maximum atomic E-state index is 12.7. The minimum atomic E-state index is -0.222. The van der Waals surface area contributed by atoms with Gasteiger partial charge in [0.15, 0.2) is 0 Å². The van der Waals surface area contributed by atoms with Crippen LogP contribution in [0, 0.1) is 0 Å². The molecule has 0 aliphatic carbocycles. The second-order valence-electron chi connectivity index (χ2n) is 6.04. The summed E-state index contributed by atoms with van der Waals surface area (Å²) < 4.78 is 0.973. The molecule has 1 amide bonds. The van der Waals surface area contributed by atoms with Crippen molar-refractivity contribution in [3.8, 4) is 0 Å². The van der Waals surface area contributed by atoms with Crippen molar-refractivity contribution >= 4 is 50.4 Å². The highest BCUT2D eigenvalue weighted by Crippen LogP contribution is 2.30. The highest BCUT2D eigenvalue weighted by Gasteiger charge is 2.30. The predicted octanol–water partition coefficient (Wildman–Crippen LogP) is 2.82. The van der Waals surface area contributed by atoms with Gasteiger partial charge in [-0.25, -0.2) is 9.98 Å². The van der Waals surface area contributed by atoms with Gasteiger partial charge >= 0.3 is 0 Å². The summed E-state index contributed by atoms with van der Waals surface area (Å²) in [7, 11) is 0. The number of fused-ring (bicyclic) bond motifs is 4. The molecule has 128 valence electrons. The smallest absolute Gasteiger partial charge is 0.258 e. The first-order valence-corrected chi connectivity index (χ1v) is 8.93. The highest BCUT2D eigenvalue weighted by atomic mass is 79.9. The lowest BCUT2D eigenvalue weighted by molar-refractivity contribution is 0.0974. The van der Waals surface area contributed by atoms with E-state index in [0.717, 1.165) is 32.6 Å². The lowest BCUT2D eigenvalue weighted by atomic mass is 10.1. The van der Waals surface area contributed by atoms with Gasteiger partial charge in [0.1, 0.15) is 5.84 Å². The summed E-state index contributed by atoms with van der Waals surface area (Å²) in [6, 6.07) is 11.2. The number of nitrogens with one attached hydrogen (secondary N) is 2.